The Morgan fingerprint density at radius 2 is 0.567 bits per heavy atom. The van der Waals surface area contributed by atoms with E-state index in [0.717, 1.165) is 117 Å². The number of pyridine rings is 2. The van der Waals surface area contributed by atoms with Crippen LogP contribution in [0.3, 0.4) is 0 Å². The summed E-state index contributed by atoms with van der Waals surface area (Å²) in [5.41, 5.74) is 30.9. The van der Waals surface area contributed by atoms with E-state index in [9.17, 15) is 0 Å². The summed E-state index contributed by atoms with van der Waals surface area (Å²) >= 11 is 3.62. The molecule has 0 bridgehead atoms. The highest BCUT2D eigenvalue weighted by molar-refractivity contribution is 7.27. The molecule has 0 amide bonds. The number of para-hydroxylation sites is 1. The third-order valence-corrected chi connectivity index (χ3v) is 25.8. The zero-order chi connectivity index (χ0) is 79.1. The SMILES string of the molecule is c1ccc(-c2ccc3nc(-c4cccc(-c5cc(-c6cccc(C7c8ccccc8-c8ccccc87)c6)nc(-c6ccccc6)n5)c4)c4sc5ccccc5c4c3c2)cc1.c1ccc(-c2cccc(-c3ccc4nc(-c5cccc(-c6cc(-c7ccc8oc9ccccc9c8c7)nc(-c7ccccc7)n6)c5)c5sc6ccccc6c5c4c3)c2)cc1. The summed E-state index contributed by atoms with van der Waals surface area (Å²) in [6.45, 7) is 0. The fourth-order valence-corrected chi connectivity index (χ4v) is 20.2. The molecule has 1 aliphatic carbocycles. The first-order valence-corrected chi connectivity index (χ1v) is 42.1. The van der Waals surface area contributed by atoms with Crippen LogP contribution in [0.5, 0.6) is 0 Å². The second-order valence-electron chi connectivity index (χ2n) is 30.7. The summed E-state index contributed by atoms with van der Waals surface area (Å²) in [6.07, 6.45) is 0. The van der Waals surface area contributed by atoms with Gasteiger partial charge >= 0.3 is 0 Å². The normalized spacial score (nSPS) is 12.0. The number of nitrogens with zero attached hydrogens (tertiary/aromatic N) is 6. The molecule has 0 spiro atoms. The second-order valence-corrected chi connectivity index (χ2v) is 32.8. The maximum Gasteiger partial charge on any atom is 0.160 e. The highest BCUT2D eigenvalue weighted by Gasteiger charge is 2.30. The molecule has 24 rings (SSSR count). The Morgan fingerprint density at radius 1 is 0.217 bits per heavy atom. The molecule has 0 aliphatic heterocycles. The predicted octanol–water partition coefficient (Wildman–Crippen LogP) is 30.2. The van der Waals surface area contributed by atoms with Crippen molar-refractivity contribution < 1.29 is 4.42 Å². The van der Waals surface area contributed by atoms with Crippen molar-refractivity contribution >= 4 is 107 Å². The molecule has 9 heteroatoms. The summed E-state index contributed by atoms with van der Waals surface area (Å²) in [6, 6.07) is 144. The molecule has 0 unspecified atom stereocenters. The maximum atomic E-state index is 6.17. The van der Waals surface area contributed by atoms with Gasteiger partial charge in [-0.25, -0.2) is 29.9 Å². The van der Waals surface area contributed by atoms with Gasteiger partial charge in [0, 0.05) is 103 Å². The number of aromatic nitrogens is 6. The topological polar surface area (TPSA) is 90.5 Å². The van der Waals surface area contributed by atoms with Crippen LogP contribution in [0.1, 0.15) is 22.6 Å². The largest absolute Gasteiger partial charge is 0.456 e. The predicted molar refractivity (Wildman–Crippen MR) is 500 cm³/mol. The Hall–Kier alpha value is -15.3. The fraction of sp³-hybridized carbons (Fsp3) is 0.00901. The Bertz CT molecular complexity index is 7950. The van der Waals surface area contributed by atoms with Crippen molar-refractivity contribution in [3.05, 3.63) is 423 Å². The lowest BCUT2D eigenvalue weighted by Gasteiger charge is -2.16. The smallest absolute Gasteiger partial charge is 0.160 e. The van der Waals surface area contributed by atoms with Gasteiger partial charge in [0.25, 0.3) is 0 Å². The molecular weight excluding hydrogens is 1500 g/mol. The van der Waals surface area contributed by atoms with E-state index < -0.39 is 0 Å². The van der Waals surface area contributed by atoms with Gasteiger partial charge in [0.1, 0.15) is 11.2 Å². The van der Waals surface area contributed by atoms with Crippen molar-refractivity contribution in [3.8, 4) is 135 Å². The van der Waals surface area contributed by atoms with Crippen LogP contribution in [-0.2, 0) is 0 Å². The van der Waals surface area contributed by atoms with Gasteiger partial charge < -0.3 is 4.42 Å². The third-order valence-electron chi connectivity index (χ3n) is 23.4. The monoisotopic (exact) mass is 1560 g/mol. The van der Waals surface area contributed by atoms with Gasteiger partial charge in [0.05, 0.1) is 54.6 Å². The summed E-state index contributed by atoms with van der Waals surface area (Å²) in [7, 11) is 0. The van der Waals surface area contributed by atoms with Gasteiger partial charge in [-0.05, 0) is 158 Å². The minimum atomic E-state index is 0.147. The van der Waals surface area contributed by atoms with Crippen molar-refractivity contribution in [1.29, 1.82) is 0 Å². The minimum Gasteiger partial charge on any atom is -0.456 e. The number of rotatable bonds is 12. The van der Waals surface area contributed by atoms with Crippen LogP contribution >= 0.6 is 22.7 Å². The number of fused-ring (bicyclic) bond motifs is 16. The van der Waals surface area contributed by atoms with E-state index in [4.69, 9.17) is 34.3 Å². The zero-order valence-corrected chi connectivity index (χ0v) is 66.3. The van der Waals surface area contributed by atoms with Crippen LogP contribution in [0, 0.1) is 0 Å². The van der Waals surface area contributed by atoms with E-state index >= 15 is 0 Å². The molecule has 0 N–H and O–H groups in total. The van der Waals surface area contributed by atoms with Crippen LogP contribution in [0.2, 0.25) is 0 Å². The molecule has 120 heavy (non-hydrogen) atoms. The molecule has 0 fully saturated rings. The number of hydrogen-bond acceptors (Lipinski definition) is 9. The Morgan fingerprint density at radius 3 is 1.08 bits per heavy atom. The first kappa shape index (κ1) is 70.2. The van der Waals surface area contributed by atoms with E-state index in [1.165, 1.54) is 107 Å². The van der Waals surface area contributed by atoms with Gasteiger partial charge in [0.2, 0.25) is 0 Å². The highest BCUT2D eigenvalue weighted by atomic mass is 32.1. The van der Waals surface area contributed by atoms with Crippen LogP contribution in [0.25, 0.3) is 219 Å². The molecule has 1 aliphatic rings. The maximum absolute atomic E-state index is 6.17. The molecule has 7 aromatic heterocycles. The van der Waals surface area contributed by atoms with E-state index in [2.05, 4.69) is 346 Å². The Balaban J connectivity index is 0.000000140. The lowest BCUT2D eigenvalue weighted by molar-refractivity contribution is 0.669. The van der Waals surface area contributed by atoms with Gasteiger partial charge in [-0.2, -0.15) is 0 Å². The molecule has 0 atom stereocenters. The number of furan rings is 1. The molecule has 0 radical (unpaired) electrons. The standard InChI is InChI=1S/C56H35N3S.C55H33N3OS/c1-3-15-35(16-4-1)37-29-30-48-47(33-37)53-46-27-11-12-28-51(46)60-55(53)54(57-48)41-22-14-20-39(32-41)50-34-49(58-56(59-50)36-17-5-2-6-18-36)38-19-13-21-40(31-38)52-44-25-9-7-23-42(44)43-24-8-10-26-45(43)52;1-3-13-34(14-4-1)36-17-11-18-37(29-36)38-25-27-46-45(31-38)52-43-22-8-10-24-51(43)60-54(52)53(56-46)41-20-12-19-39(30-41)47-33-48(58-55(57-47)35-15-5-2-6-16-35)40-26-28-50-44(32-40)42-21-7-9-23-49(42)59-50/h1-34,52H;1-33H. The van der Waals surface area contributed by atoms with Crippen molar-refractivity contribution in [2.24, 2.45) is 0 Å². The van der Waals surface area contributed by atoms with Crippen molar-refractivity contribution in [2.75, 3.05) is 0 Å². The molecular formula is C111H68N6OS2. The average molecular weight is 1570 g/mol. The number of thiophene rings is 2. The molecule has 0 saturated heterocycles. The van der Waals surface area contributed by atoms with Crippen molar-refractivity contribution in [3.63, 3.8) is 0 Å². The average Bonchev–Trinajstić information content (AvgIpc) is 1.60. The van der Waals surface area contributed by atoms with E-state index in [1.54, 1.807) is 11.3 Å². The lowest BCUT2D eigenvalue weighted by atomic mass is 9.88. The zero-order valence-electron chi connectivity index (χ0n) is 64.7. The third kappa shape index (κ3) is 12.6. The highest BCUT2D eigenvalue weighted by Crippen LogP contribution is 2.51. The summed E-state index contributed by atoms with van der Waals surface area (Å²) in [5, 5.41) is 9.46. The number of benzene rings is 16. The minimum absolute atomic E-state index is 0.147. The number of hydrogen-bond donors (Lipinski definition) is 0. The van der Waals surface area contributed by atoms with Gasteiger partial charge in [0.15, 0.2) is 11.6 Å². The fourth-order valence-electron chi connectivity index (χ4n) is 17.7. The molecule has 560 valence electrons. The van der Waals surface area contributed by atoms with E-state index in [0.29, 0.717) is 11.6 Å². The summed E-state index contributed by atoms with van der Waals surface area (Å²) in [4.78, 5) is 31.7. The first-order valence-electron chi connectivity index (χ1n) is 40.5. The summed E-state index contributed by atoms with van der Waals surface area (Å²) in [5.74, 6) is 1.51. The summed E-state index contributed by atoms with van der Waals surface area (Å²) < 4.78 is 11.0. The molecule has 23 aromatic rings. The van der Waals surface area contributed by atoms with Crippen molar-refractivity contribution in [1.82, 2.24) is 29.9 Å². The van der Waals surface area contributed by atoms with Gasteiger partial charge in [-0.15, -0.1) is 22.7 Å². The molecule has 16 aromatic carbocycles. The van der Waals surface area contributed by atoms with Gasteiger partial charge in [-0.1, -0.05) is 309 Å². The first-order chi connectivity index (χ1) is 59.4. The van der Waals surface area contributed by atoms with Crippen molar-refractivity contribution in [2.45, 2.75) is 5.92 Å². The quantitative estimate of drug-likeness (QED) is 0.120. The van der Waals surface area contributed by atoms with Gasteiger partial charge in [-0.3, -0.25) is 0 Å². The van der Waals surface area contributed by atoms with E-state index in [-0.39, 0.29) is 5.92 Å². The Labute approximate surface area is 699 Å². The van der Waals surface area contributed by atoms with Crippen LogP contribution in [0.4, 0.5) is 0 Å². The Kier molecular flexibility index (Phi) is 17.2. The van der Waals surface area contributed by atoms with Crippen LogP contribution < -0.4 is 0 Å². The van der Waals surface area contributed by atoms with Crippen LogP contribution in [-0.4, -0.2) is 29.9 Å². The molecule has 0 saturated carbocycles. The van der Waals surface area contributed by atoms with Crippen LogP contribution in [0.15, 0.2) is 411 Å². The molecule has 7 nitrogen and oxygen atoms in total. The lowest BCUT2D eigenvalue weighted by Crippen LogP contribution is -2.00. The second kappa shape index (κ2) is 29.5. The molecule has 7 heterocycles. The van der Waals surface area contributed by atoms with E-state index in [1.807, 2.05) is 72.0 Å².